The third-order valence-electron chi connectivity index (χ3n) is 1.83. The minimum atomic E-state index is -3.71. The second kappa shape index (κ2) is 5.21. The molecule has 1 rings (SSSR count). The first-order chi connectivity index (χ1) is 7.34. The smallest absolute Gasteiger partial charge is 0.261 e. The first-order valence-corrected chi connectivity index (χ1v) is 7.48. The highest BCUT2D eigenvalue weighted by molar-refractivity contribution is 9.10. The van der Waals surface area contributed by atoms with Crippen LogP contribution in [0.3, 0.4) is 0 Å². The first kappa shape index (κ1) is 13.5. The van der Waals surface area contributed by atoms with E-state index in [1.165, 1.54) is 12.1 Å². The Bertz CT molecular complexity index is 499. The minimum absolute atomic E-state index is 0.0275. The second-order valence-electron chi connectivity index (χ2n) is 3.09. The molecular formula is C10H10BrClO3S. The third kappa shape index (κ3) is 3.50. The summed E-state index contributed by atoms with van der Waals surface area (Å²) in [5.74, 6) is 0.538. The molecule has 0 aliphatic heterocycles. The first-order valence-electron chi connectivity index (χ1n) is 4.38. The molecule has 6 heteroatoms. The van der Waals surface area contributed by atoms with E-state index in [1.807, 2.05) is 6.92 Å². The molecule has 0 radical (unpaired) electrons. The maximum atomic E-state index is 11.1. The summed E-state index contributed by atoms with van der Waals surface area (Å²) in [6.45, 7) is 5.41. The third-order valence-corrected chi connectivity index (χ3v) is 3.80. The zero-order valence-corrected chi connectivity index (χ0v) is 11.6. The summed E-state index contributed by atoms with van der Waals surface area (Å²) < 4.78 is 28.1. The number of ether oxygens (including phenoxy) is 1. The van der Waals surface area contributed by atoms with Crippen LogP contribution in [0.25, 0.3) is 0 Å². The summed E-state index contributed by atoms with van der Waals surface area (Å²) in [6, 6.07) is 4.32. The predicted octanol–water partition coefficient (Wildman–Crippen LogP) is 3.33. The van der Waals surface area contributed by atoms with Gasteiger partial charge in [-0.25, -0.2) is 8.42 Å². The van der Waals surface area contributed by atoms with Crippen LogP contribution in [-0.2, 0) is 9.05 Å². The van der Waals surface area contributed by atoms with E-state index in [0.29, 0.717) is 10.2 Å². The van der Waals surface area contributed by atoms with Gasteiger partial charge in [-0.1, -0.05) is 12.7 Å². The maximum Gasteiger partial charge on any atom is 0.261 e. The van der Waals surface area contributed by atoms with Crippen LogP contribution in [0.5, 0.6) is 5.75 Å². The summed E-state index contributed by atoms with van der Waals surface area (Å²) in [4.78, 5) is 0.0275. The van der Waals surface area contributed by atoms with Crippen LogP contribution in [0.2, 0.25) is 0 Å². The number of benzene rings is 1. The van der Waals surface area contributed by atoms with Gasteiger partial charge in [0.25, 0.3) is 9.05 Å². The molecule has 0 heterocycles. The number of hydrogen-bond acceptors (Lipinski definition) is 3. The lowest BCUT2D eigenvalue weighted by atomic mass is 10.3. The quantitative estimate of drug-likeness (QED) is 0.630. The van der Waals surface area contributed by atoms with Crippen LogP contribution in [0, 0.1) is 0 Å². The Morgan fingerprint density at radius 3 is 2.62 bits per heavy atom. The van der Waals surface area contributed by atoms with Crippen LogP contribution in [0.15, 0.2) is 40.2 Å². The minimum Gasteiger partial charge on any atom is -0.485 e. The molecule has 0 saturated heterocycles. The van der Waals surface area contributed by atoms with E-state index < -0.39 is 9.05 Å². The Balaban J connectivity index is 3.05. The van der Waals surface area contributed by atoms with Gasteiger partial charge >= 0.3 is 0 Å². The largest absolute Gasteiger partial charge is 0.485 e. The van der Waals surface area contributed by atoms with Crippen molar-refractivity contribution in [2.45, 2.75) is 17.9 Å². The van der Waals surface area contributed by atoms with E-state index in [0.717, 1.165) is 0 Å². The molecule has 0 amide bonds. The van der Waals surface area contributed by atoms with Crippen LogP contribution >= 0.6 is 26.6 Å². The van der Waals surface area contributed by atoms with Gasteiger partial charge in [0.2, 0.25) is 0 Å². The number of hydrogen-bond donors (Lipinski definition) is 0. The SMILES string of the molecule is C=CC(C)Oc1ccc(S(=O)(=O)Cl)cc1Br. The van der Waals surface area contributed by atoms with Crippen molar-refractivity contribution < 1.29 is 13.2 Å². The normalized spacial score (nSPS) is 13.2. The molecule has 1 unspecified atom stereocenters. The summed E-state index contributed by atoms with van der Waals surface area (Å²) in [7, 11) is 1.50. The van der Waals surface area contributed by atoms with Crippen LogP contribution < -0.4 is 4.74 Å². The molecule has 1 aromatic rings. The molecule has 0 bridgehead atoms. The standard InChI is InChI=1S/C10H10BrClO3S/c1-3-7(2)15-10-5-4-8(6-9(10)11)16(12,13)14/h3-7H,1H2,2H3. The summed E-state index contributed by atoms with van der Waals surface area (Å²) >= 11 is 3.21. The van der Waals surface area contributed by atoms with Crippen molar-refractivity contribution >= 4 is 35.7 Å². The molecule has 0 spiro atoms. The van der Waals surface area contributed by atoms with Crippen molar-refractivity contribution in [1.29, 1.82) is 0 Å². The fourth-order valence-electron chi connectivity index (χ4n) is 0.977. The zero-order valence-electron chi connectivity index (χ0n) is 8.48. The molecule has 0 N–H and O–H groups in total. The van der Waals surface area contributed by atoms with Gasteiger partial charge in [-0.05, 0) is 41.1 Å². The van der Waals surface area contributed by atoms with Crippen LogP contribution in [0.1, 0.15) is 6.92 Å². The summed E-state index contributed by atoms with van der Waals surface area (Å²) in [6.07, 6.45) is 1.48. The van der Waals surface area contributed by atoms with E-state index >= 15 is 0 Å². The molecule has 0 fully saturated rings. The Morgan fingerprint density at radius 1 is 1.56 bits per heavy atom. The molecule has 16 heavy (non-hydrogen) atoms. The van der Waals surface area contributed by atoms with Gasteiger partial charge in [-0.3, -0.25) is 0 Å². The van der Waals surface area contributed by atoms with E-state index in [-0.39, 0.29) is 11.0 Å². The average Bonchev–Trinajstić information content (AvgIpc) is 2.19. The van der Waals surface area contributed by atoms with Gasteiger partial charge in [0.05, 0.1) is 9.37 Å². The number of rotatable bonds is 4. The van der Waals surface area contributed by atoms with Crippen LogP contribution in [-0.4, -0.2) is 14.5 Å². The average molecular weight is 326 g/mol. The van der Waals surface area contributed by atoms with Gasteiger partial charge in [0.1, 0.15) is 11.9 Å². The fourth-order valence-corrected chi connectivity index (χ4v) is 2.38. The van der Waals surface area contributed by atoms with Gasteiger partial charge in [-0.2, -0.15) is 0 Å². The highest BCUT2D eigenvalue weighted by Gasteiger charge is 2.13. The van der Waals surface area contributed by atoms with Crippen molar-refractivity contribution in [3.63, 3.8) is 0 Å². The zero-order chi connectivity index (χ0) is 12.3. The Hall–Kier alpha value is -0.520. The molecule has 0 aliphatic rings. The molecular weight excluding hydrogens is 316 g/mol. The van der Waals surface area contributed by atoms with Gasteiger partial charge < -0.3 is 4.74 Å². The molecule has 0 aromatic heterocycles. The highest BCUT2D eigenvalue weighted by atomic mass is 79.9. The Morgan fingerprint density at radius 2 is 2.19 bits per heavy atom. The Kier molecular flexibility index (Phi) is 4.41. The lowest BCUT2D eigenvalue weighted by Gasteiger charge is -2.12. The molecule has 0 aliphatic carbocycles. The van der Waals surface area contributed by atoms with E-state index in [1.54, 1.807) is 12.1 Å². The van der Waals surface area contributed by atoms with E-state index in [2.05, 4.69) is 22.5 Å². The topological polar surface area (TPSA) is 43.4 Å². The maximum absolute atomic E-state index is 11.1. The second-order valence-corrected chi connectivity index (χ2v) is 6.51. The van der Waals surface area contributed by atoms with Crippen molar-refractivity contribution in [1.82, 2.24) is 0 Å². The monoisotopic (exact) mass is 324 g/mol. The molecule has 1 atom stereocenters. The summed E-state index contributed by atoms with van der Waals surface area (Å²) in [5, 5.41) is 0. The Labute approximate surface area is 108 Å². The molecule has 88 valence electrons. The summed E-state index contributed by atoms with van der Waals surface area (Å²) in [5.41, 5.74) is 0. The van der Waals surface area contributed by atoms with Gasteiger partial charge in [-0.15, -0.1) is 0 Å². The molecule has 3 nitrogen and oxygen atoms in total. The van der Waals surface area contributed by atoms with Crippen molar-refractivity contribution in [2.75, 3.05) is 0 Å². The predicted molar refractivity (Wildman–Crippen MR) is 67.5 cm³/mol. The molecule has 1 aromatic carbocycles. The number of halogens is 2. The highest BCUT2D eigenvalue weighted by Crippen LogP contribution is 2.29. The van der Waals surface area contributed by atoms with Gasteiger partial charge in [0.15, 0.2) is 0 Å². The van der Waals surface area contributed by atoms with Crippen molar-refractivity contribution in [3.05, 3.63) is 35.3 Å². The van der Waals surface area contributed by atoms with Crippen molar-refractivity contribution in [3.8, 4) is 5.75 Å². The van der Waals surface area contributed by atoms with Gasteiger partial charge in [0, 0.05) is 10.7 Å². The van der Waals surface area contributed by atoms with Crippen LogP contribution in [0.4, 0.5) is 0 Å². The lowest BCUT2D eigenvalue weighted by Crippen LogP contribution is -2.07. The van der Waals surface area contributed by atoms with Crippen molar-refractivity contribution in [2.24, 2.45) is 0 Å². The van der Waals surface area contributed by atoms with E-state index in [4.69, 9.17) is 15.4 Å². The molecule has 0 saturated carbocycles. The lowest BCUT2D eigenvalue weighted by molar-refractivity contribution is 0.268. The van der Waals surface area contributed by atoms with E-state index in [9.17, 15) is 8.42 Å². The fraction of sp³-hybridized carbons (Fsp3) is 0.200.